The number of alkyl halides is 19. The lowest BCUT2D eigenvalue weighted by molar-refractivity contribution is -0.458. The van der Waals surface area contributed by atoms with Crippen molar-refractivity contribution in [2.24, 2.45) is 0 Å². The molecule has 0 spiro atoms. The molecule has 36 heavy (non-hydrogen) atoms. The van der Waals surface area contributed by atoms with Gasteiger partial charge in [-0.2, -0.15) is 83.4 Å². The van der Waals surface area contributed by atoms with E-state index in [0.717, 1.165) is 0 Å². The lowest BCUT2D eigenvalue weighted by Gasteiger charge is -2.42. The van der Waals surface area contributed by atoms with Gasteiger partial charge >= 0.3 is 69.0 Å². The van der Waals surface area contributed by atoms with Gasteiger partial charge in [0.2, 0.25) is 0 Å². The third kappa shape index (κ3) is 3.97. The van der Waals surface area contributed by atoms with Crippen molar-refractivity contribution in [3.63, 3.8) is 0 Å². The van der Waals surface area contributed by atoms with E-state index in [-0.39, 0.29) is 0 Å². The maximum absolute atomic E-state index is 13.4. The summed E-state index contributed by atoms with van der Waals surface area (Å²) < 4.78 is 276. The highest BCUT2D eigenvalue weighted by atomic mass is 32.2. The molecule has 0 radical (unpaired) electrons. The number of carboxylic acids is 1. The largest absolute Gasteiger partial charge is 0.476 e. The molecule has 216 valence electrons. The number of aliphatic carboxylic acids is 1. The molecular weight excluding hydrogens is 610 g/mol. The molecule has 0 fully saturated rings. The molecule has 0 aliphatic rings. The molecule has 0 aliphatic heterocycles. The Labute approximate surface area is 181 Å². The Morgan fingerprint density at radius 1 is 0.528 bits per heavy atom. The number of sulfonamides is 1. The number of carboxylic acid groups (broad SMARTS) is 1. The average Bonchev–Trinajstić information content (AvgIpc) is 2.64. The first-order chi connectivity index (χ1) is 15.1. The van der Waals surface area contributed by atoms with Gasteiger partial charge in [-0.25, -0.2) is 13.2 Å². The molecule has 0 aliphatic carbocycles. The van der Waals surface area contributed by atoms with E-state index >= 15 is 0 Å². The highest BCUT2D eigenvalue weighted by Gasteiger charge is 2.96. The monoisotopic (exact) mass is 611 g/mol. The minimum absolute atomic E-state index is 4.20. The normalized spacial score (nSPS) is 16.5. The molecule has 0 aromatic heterocycles. The first-order valence-electron chi connectivity index (χ1n) is 7.13. The van der Waals surface area contributed by atoms with Gasteiger partial charge < -0.3 is 5.11 Å². The van der Waals surface area contributed by atoms with Crippen LogP contribution >= 0.6 is 0 Å². The van der Waals surface area contributed by atoms with Crippen LogP contribution < -0.4 is 0 Å². The summed E-state index contributed by atoms with van der Waals surface area (Å²) in [6.45, 7) is 0. The van der Waals surface area contributed by atoms with Gasteiger partial charge in [0.25, 0.3) is 0 Å². The molecule has 0 atom stereocenters. The second kappa shape index (κ2) is 8.24. The van der Waals surface area contributed by atoms with Crippen LogP contribution in [0.2, 0.25) is 0 Å². The molecule has 0 rings (SSSR count). The molecule has 0 amide bonds. The van der Waals surface area contributed by atoms with Crippen LogP contribution in [0.15, 0.2) is 0 Å². The summed E-state index contributed by atoms with van der Waals surface area (Å²) in [4.78, 5) is 9.92. The molecule has 0 unspecified atom stereocenters. The fourth-order valence-electron chi connectivity index (χ4n) is 1.64. The number of hydrogen-bond donors (Lipinski definition) is 1. The molecular formula is C10HF20NO4S. The predicted molar refractivity (Wildman–Crippen MR) is 65.1 cm³/mol. The third-order valence-electron chi connectivity index (χ3n) is 3.71. The molecule has 0 bridgehead atoms. The van der Waals surface area contributed by atoms with Gasteiger partial charge in [0.1, 0.15) is 0 Å². The van der Waals surface area contributed by atoms with Crippen LogP contribution in [-0.4, -0.2) is 77.0 Å². The van der Waals surface area contributed by atoms with Gasteiger partial charge in [0.15, 0.2) is 0 Å². The fourth-order valence-corrected chi connectivity index (χ4v) is 2.67. The van der Waals surface area contributed by atoms with Crippen LogP contribution in [0.4, 0.5) is 87.9 Å². The predicted octanol–water partition coefficient (Wildman–Crippen LogP) is 5.15. The van der Waals surface area contributed by atoms with Crippen molar-refractivity contribution in [3.8, 4) is 0 Å². The van der Waals surface area contributed by atoms with E-state index in [2.05, 4.69) is 0 Å². The van der Waals surface area contributed by atoms with Gasteiger partial charge in [-0.15, -0.1) is 4.48 Å². The molecule has 0 heterocycles. The smallest absolute Gasteiger partial charge is 0.460 e. The standard InChI is InChI=1S/C10HF20NO4S/c11-2(12,1(32)33)31(30)36(34,35)10(28,29)8(23,24)6(19,20)4(15,16)3(13,14)5(17,18)7(21,22)9(25,26)27/h(H,32,33). The third-order valence-corrected chi connectivity index (χ3v) is 5.26. The second-order valence-corrected chi connectivity index (χ2v) is 7.81. The zero-order valence-electron chi connectivity index (χ0n) is 15.1. The van der Waals surface area contributed by atoms with Crippen molar-refractivity contribution in [3.05, 3.63) is 0 Å². The number of carbonyl (C=O) groups is 1. The Hall–Kier alpha value is -2.02. The van der Waals surface area contributed by atoms with Crippen molar-refractivity contribution in [2.45, 2.75) is 53.0 Å². The number of nitrogens with zero attached hydrogens (tertiary/aromatic N) is 1. The zero-order chi connectivity index (χ0) is 30.2. The quantitative estimate of drug-likeness (QED) is 0.211. The average molecular weight is 611 g/mol. The number of rotatable bonds is 10. The summed E-state index contributed by atoms with van der Waals surface area (Å²) >= 11 is 0. The molecule has 0 saturated heterocycles. The van der Waals surface area contributed by atoms with Crippen LogP contribution in [0.3, 0.4) is 0 Å². The minimum Gasteiger partial charge on any atom is -0.476 e. The van der Waals surface area contributed by atoms with Crippen LogP contribution in [0.25, 0.3) is 0 Å². The van der Waals surface area contributed by atoms with Crippen molar-refractivity contribution in [2.75, 3.05) is 0 Å². The molecule has 0 aromatic rings. The summed E-state index contributed by atoms with van der Waals surface area (Å²) in [5.41, 5.74) is 0. The summed E-state index contributed by atoms with van der Waals surface area (Å²) in [5.74, 6) is -58.4. The van der Waals surface area contributed by atoms with Gasteiger partial charge in [-0.05, 0) is 0 Å². The molecule has 5 nitrogen and oxygen atoms in total. The Balaban J connectivity index is 7.15. The van der Waals surface area contributed by atoms with Crippen molar-refractivity contribution >= 4 is 16.0 Å². The number of halogens is 20. The van der Waals surface area contributed by atoms with Gasteiger partial charge in [0, 0.05) is 4.53 Å². The lowest BCUT2D eigenvalue weighted by Crippen LogP contribution is -2.75. The van der Waals surface area contributed by atoms with Gasteiger partial charge in [0.05, 0.1) is 0 Å². The van der Waals surface area contributed by atoms with E-state index in [1.54, 1.807) is 0 Å². The Kier molecular flexibility index (Phi) is 7.78. The SMILES string of the molecule is O=C(O)C(F)(F)N(F)S(=O)(=O)C(F)(F)C(F)(F)C(F)(F)C(F)(F)C(F)(F)C(F)(F)C(F)(F)C(F)(F)F. The first-order valence-corrected chi connectivity index (χ1v) is 8.57. The number of hydrogen-bond acceptors (Lipinski definition) is 3. The minimum atomic E-state index is -9.27. The van der Waals surface area contributed by atoms with Crippen LogP contribution in [0, 0.1) is 0 Å². The van der Waals surface area contributed by atoms with E-state index in [1.807, 2.05) is 0 Å². The molecule has 1 N–H and O–H groups in total. The van der Waals surface area contributed by atoms with Crippen molar-refractivity contribution in [1.29, 1.82) is 0 Å². The molecule has 0 saturated carbocycles. The molecule has 26 heteroatoms. The van der Waals surface area contributed by atoms with E-state index < -0.39 is 73.5 Å². The summed E-state index contributed by atoms with van der Waals surface area (Å²) in [6.07, 6.45) is -8.06. The zero-order valence-corrected chi connectivity index (χ0v) is 15.9. The van der Waals surface area contributed by atoms with Crippen molar-refractivity contribution < 1.29 is 106 Å². The Morgan fingerprint density at radius 3 is 1.03 bits per heavy atom. The summed E-state index contributed by atoms with van der Waals surface area (Å²) in [7, 11) is -9.10. The second-order valence-electron chi connectivity index (χ2n) is 6.03. The Morgan fingerprint density at radius 2 is 0.778 bits per heavy atom. The van der Waals surface area contributed by atoms with E-state index in [4.69, 9.17) is 5.11 Å². The maximum Gasteiger partial charge on any atom is 0.460 e. The molecule has 0 aromatic carbocycles. The highest BCUT2D eigenvalue weighted by molar-refractivity contribution is 7.90. The summed E-state index contributed by atoms with van der Waals surface area (Å²) in [5, 5.41) is -0.939. The van der Waals surface area contributed by atoms with Crippen molar-refractivity contribution in [1.82, 2.24) is 4.53 Å². The van der Waals surface area contributed by atoms with Crippen LogP contribution in [0.1, 0.15) is 0 Å². The van der Waals surface area contributed by atoms with E-state index in [1.165, 1.54) is 0 Å². The highest BCUT2D eigenvalue weighted by Crippen LogP contribution is 2.64. The first kappa shape index (κ1) is 34.0. The van der Waals surface area contributed by atoms with Crippen LogP contribution in [-0.2, 0) is 14.8 Å². The van der Waals surface area contributed by atoms with E-state index in [0.29, 0.717) is 0 Å². The van der Waals surface area contributed by atoms with Gasteiger partial charge in [-0.3, -0.25) is 0 Å². The summed E-state index contributed by atoms with van der Waals surface area (Å²) in [6, 6.07) is -6.97. The van der Waals surface area contributed by atoms with E-state index in [9.17, 15) is 101 Å². The van der Waals surface area contributed by atoms with Gasteiger partial charge in [-0.1, -0.05) is 0 Å². The fraction of sp³-hybridized carbons (Fsp3) is 0.900. The Bertz CT molecular complexity index is 967. The topological polar surface area (TPSA) is 74.7 Å². The van der Waals surface area contributed by atoms with Crippen LogP contribution in [0.5, 0.6) is 0 Å². The lowest BCUT2D eigenvalue weighted by atomic mass is 9.91. The maximum atomic E-state index is 13.4.